The van der Waals surface area contributed by atoms with Crippen LogP contribution >= 0.6 is 0 Å². The Morgan fingerprint density at radius 1 is 1.45 bits per heavy atom. The first kappa shape index (κ1) is 17.0. The van der Waals surface area contributed by atoms with Gasteiger partial charge in [0.2, 0.25) is 0 Å². The summed E-state index contributed by atoms with van der Waals surface area (Å²) in [5.41, 5.74) is 2.78. The summed E-state index contributed by atoms with van der Waals surface area (Å²) in [5.74, 6) is 0.515. The van der Waals surface area contributed by atoms with Gasteiger partial charge in [0, 0.05) is 5.92 Å². The maximum Gasteiger partial charge on any atom is 0.117 e. The van der Waals surface area contributed by atoms with Crippen LogP contribution in [-0.4, -0.2) is 12.3 Å². The minimum Gasteiger partial charge on any atom is -0.396 e. The normalized spacial score (nSPS) is 22.9. The van der Waals surface area contributed by atoms with Crippen molar-refractivity contribution in [2.75, 3.05) is 6.61 Å². The first-order chi connectivity index (χ1) is 9.47. The predicted molar refractivity (Wildman–Crippen MR) is 88.0 cm³/mol. The van der Waals surface area contributed by atoms with Crippen LogP contribution in [0.3, 0.4) is 0 Å². The van der Waals surface area contributed by atoms with E-state index in [0.717, 1.165) is 18.7 Å². The van der Waals surface area contributed by atoms with Crippen LogP contribution in [-0.2, 0) is 4.84 Å². The number of nitrogens with zero attached hydrogens (tertiary/aromatic N) is 1. The Labute approximate surface area is 125 Å². The Hall–Kier alpha value is -1.05. The van der Waals surface area contributed by atoms with Crippen molar-refractivity contribution in [2.45, 2.75) is 66.7 Å². The Bertz CT molecular complexity index is 377. The molecule has 2 heteroatoms. The quantitative estimate of drug-likeness (QED) is 0.260. The largest absolute Gasteiger partial charge is 0.396 e. The molecule has 0 saturated heterocycles. The SMILES string of the molecule is CCCCCO/N=C(C)/C=C/C1C(C)=CCCC1(C)C. The van der Waals surface area contributed by atoms with Gasteiger partial charge in [-0.3, -0.25) is 0 Å². The lowest BCUT2D eigenvalue weighted by molar-refractivity contribution is 0.140. The zero-order chi connectivity index (χ0) is 15.0. The van der Waals surface area contributed by atoms with E-state index < -0.39 is 0 Å². The molecule has 1 aliphatic carbocycles. The van der Waals surface area contributed by atoms with E-state index in [1.165, 1.54) is 31.3 Å². The number of oxime groups is 1. The molecular formula is C18H31NO. The smallest absolute Gasteiger partial charge is 0.117 e. The Morgan fingerprint density at radius 3 is 2.85 bits per heavy atom. The molecule has 1 aliphatic rings. The second-order valence-electron chi connectivity index (χ2n) is 6.59. The summed E-state index contributed by atoms with van der Waals surface area (Å²) in [5, 5.41) is 4.16. The highest BCUT2D eigenvalue weighted by atomic mass is 16.6. The third kappa shape index (κ3) is 5.52. The fraction of sp³-hybridized carbons (Fsp3) is 0.722. The molecular weight excluding hydrogens is 246 g/mol. The van der Waals surface area contributed by atoms with Crippen LogP contribution in [0, 0.1) is 11.3 Å². The van der Waals surface area contributed by atoms with E-state index in [2.05, 4.69) is 51.1 Å². The number of unbranched alkanes of at least 4 members (excludes halogenated alkanes) is 2. The lowest BCUT2D eigenvalue weighted by Gasteiger charge is -2.36. The Morgan fingerprint density at radius 2 is 2.20 bits per heavy atom. The average Bonchev–Trinajstić information content (AvgIpc) is 2.37. The second kappa shape index (κ2) is 8.28. The van der Waals surface area contributed by atoms with Gasteiger partial charge in [0.25, 0.3) is 0 Å². The maximum absolute atomic E-state index is 5.34. The summed E-state index contributed by atoms with van der Waals surface area (Å²) in [7, 11) is 0. The van der Waals surface area contributed by atoms with Crippen molar-refractivity contribution in [3.8, 4) is 0 Å². The van der Waals surface area contributed by atoms with Crippen molar-refractivity contribution in [3.63, 3.8) is 0 Å². The van der Waals surface area contributed by atoms with Crippen LogP contribution < -0.4 is 0 Å². The van der Waals surface area contributed by atoms with Crippen LogP contribution in [0.2, 0.25) is 0 Å². The average molecular weight is 277 g/mol. The first-order valence-electron chi connectivity index (χ1n) is 7.99. The lowest BCUT2D eigenvalue weighted by atomic mass is 9.68. The molecule has 0 aromatic carbocycles. The zero-order valence-corrected chi connectivity index (χ0v) is 13.9. The molecule has 0 N–H and O–H groups in total. The highest BCUT2D eigenvalue weighted by molar-refractivity contribution is 5.92. The van der Waals surface area contributed by atoms with E-state index >= 15 is 0 Å². The molecule has 0 aromatic heterocycles. The maximum atomic E-state index is 5.34. The van der Waals surface area contributed by atoms with E-state index in [1.54, 1.807) is 0 Å². The summed E-state index contributed by atoms with van der Waals surface area (Å²) >= 11 is 0. The molecule has 0 heterocycles. The van der Waals surface area contributed by atoms with Crippen molar-refractivity contribution < 1.29 is 4.84 Å². The third-order valence-corrected chi connectivity index (χ3v) is 4.17. The summed E-state index contributed by atoms with van der Waals surface area (Å²) < 4.78 is 0. The Balaban J connectivity index is 2.51. The minimum absolute atomic E-state index is 0.345. The van der Waals surface area contributed by atoms with E-state index in [0.29, 0.717) is 11.3 Å². The second-order valence-corrected chi connectivity index (χ2v) is 6.59. The van der Waals surface area contributed by atoms with E-state index in [1.807, 2.05) is 6.92 Å². The summed E-state index contributed by atoms with van der Waals surface area (Å²) in [6, 6.07) is 0. The summed E-state index contributed by atoms with van der Waals surface area (Å²) in [6.45, 7) is 11.9. The molecule has 20 heavy (non-hydrogen) atoms. The van der Waals surface area contributed by atoms with Crippen LogP contribution in [0.15, 0.2) is 29.0 Å². The van der Waals surface area contributed by atoms with Crippen molar-refractivity contribution in [2.24, 2.45) is 16.5 Å². The van der Waals surface area contributed by atoms with Crippen molar-refractivity contribution in [1.29, 1.82) is 0 Å². The standard InChI is InChI=1S/C18H31NO/c1-6-7-8-14-20-19-16(3)11-12-17-15(2)10-9-13-18(17,4)5/h10-12,17H,6-9,13-14H2,1-5H3/b12-11+,19-16+. The van der Waals surface area contributed by atoms with E-state index in [-0.39, 0.29) is 0 Å². The number of hydrogen-bond donors (Lipinski definition) is 0. The van der Waals surface area contributed by atoms with E-state index in [4.69, 9.17) is 4.84 Å². The predicted octanol–water partition coefficient (Wildman–Crippen LogP) is 5.51. The molecule has 2 nitrogen and oxygen atoms in total. The molecule has 1 rings (SSSR count). The van der Waals surface area contributed by atoms with Gasteiger partial charge in [0.05, 0.1) is 5.71 Å². The van der Waals surface area contributed by atoms with Gasteiger partial charge in [-0.1, -0.05) is 56.5 Å². The molecule has 0 radical (unpaired) electrons. The molecule has 1 unspecified atom stereocenters. The summed E-state index contributed by atoms with van der Waals surface area (Å²) in [6.07, 6.45) is 12.7. The Kier molecular flexibility index (Phi) is 7.04. The highest BCUT2D eigenvalue weighted by Gasteiger charge is 2.30. The molecule has 0 fully saturated rings. The third-order valence-electron chi connectivity index (χ3n) is 4.17. The van der Waals surface area contributed by atoms with Gasteiger partial charge < -0.3 is 4.84 Å². The van der Waals surface area contributed by atoms with Crippen LogP contribution in [0.1, 0.15) is 66.7 Å². The first-order valence-corrected chi connectivity index (χ1v) is 7.99. The zero-order valence-electron chi connectivity index (χ0n) is 13.9. The fourth-order valence-corrected chi connectivity index (χ4v) is 2.81. The van der Waals surface area contributed by atoms with Gasteiger partial charge in [-0.25, -0.2) is 0 Å². The van der Waals surface area contributed by atoms with Crippen LogP contribution in [0.5, 0.6) is 0 Å². The van der Waals surface area contributed by atoms with Crippen molar-refractivity contribution in [3.05, 3.63) is 23.8 Å². The molecule has 0 aromatic rings. The van der Waals surface area contributed by atoms with Crippen LogP contribution in [0.25, 0.3) is 0 Å². The molecule has 0 amide bonds. The molecule has 114 valence electrons. The number of hydrogen-bond acceptors (Lipinski definition) is 2. The van der Waals surface area contributed by atoms with Gasteiger partial charge >= 0.3 is 0 Å². The van der Waals surface area contributed by atoms with Gasteiger partial charge in [-0.15, -0.1) is 0 Å². The van der Waals surface area contributed by atoms with Crippen LogP contribution in [0.4, 0.5) is 0 Å². The monoisotopic (exact) mass is 277 g/mol. The molecule has 0 aliphatic heterocycles. The number of rotatable bonds is 7. The highest BCUT2D eigenvalue weighted by Crippen LogP contribution is 2.41. The van der Waals surface area contributed by atoms with Crippen molar-refractivity contribution in [1.82, 2.24) is 0 Å². The molecule has 1 atom stereocenters. The molecule has 0 saturated carbocycles. The lowest BCUT2D eigenvalue weighted by Crippen LogP contribution is -2.26. The van der Waals surface area contributed by atoms with Gasteiger partial charge in [-0.2, -0.15) is 0 Å². The fourth-order valence-electron chi connectivity index (χ4n) is 2.81. The van der Waals surface area contributed by atoms with Gasteiger partial charge in [0.15, 0.2) is 0 Å². The van der Waals surface area contributed by atoms with Gasteiger partial charge in [-0.05, 0) is 44.6 Å². The molecule has 0 spiro atoms. The minimum atomic E-state index is 0.345. The van der Waals surface area contributed by atoms with Gasteiger partial charge in [0.1, 0.15) is 6.61 Å². The topological polar surface area (TPSA) is 21.6 Å². The summed E-state index contributed by atoms with van der Waals surface area (Å²) in [4.78, 5) is 5.34. The number of allylic oxidation sites excluding steroid dienone is 4. The van der Waals surface area contributed by atoms with Crippen molar-refractivity contribution >= 4 is 5.71 Å². The molecule has 0 bridgehead atoms. The van der Waals surface area contributed by atoms with E-state index in [9.17, 15) is 0 Å².